The van der Waals surface area contributed by atoms with Gasteiger partial charge in [-0.2, -0.15) is 0 Å². The third-order valence-electron chi connectivity index (χ3n) is 3.46. The SMILES string of the molecule is CCN(c1ncc(Br)cc1CO)C1CCCC1. The first-order chi connectivity index (χ1) is 8.26. The first-order valence-corrected chi connectivity index (χ1v) is 7.07. The Balaban J connectivity index is 2.29. The van der Waals surface area contributed by atoms with Gasteiger partial charge < -0.3 is 10.0 Å². The monoisotopic (exact) mass is 298 g/mol. The van der Waals surface area contributed by atoms with Gasteiger partial charge in [-0.15, -0.1) is 0 Å². The standard InChI is InChI=1S/C13H19BrN2O/c1-2-16(12-5-3-4-6-12)13-10(9-17)7-11(14)8-15-13/h7-8,12,17H,2-6,9H2,1H3. The van der Waals surface area contributed by atoms with Crippen molar-refractivity contribution in [3.63, 3.8) is 0 Å². The summed E-state index contributed by atoms with van der Waals surface area (Å²) in [5.74, 6) is 0.949. The van der Waals surface area contributed by atoms with Crippen LogP contribution < -0.4 is 4.90 Å². The Hall–Kier alpha value is -0.610. The van der Waals surface area contributed by atoms with Crippen molar-refractivity contribution in [2.24, 2.45) is 0 Å². The molecule has 1 aromatic heterocycles. The molecule has 1 aliphatic rings. The van der Waals surface area contributed by atoms with Gasteiger partial charge in [-0.1, -0.05) is 12.8 Å². The van der Waals surface area contributed by atoms with Crippen molar-refractivity contribution in [1.82, 2.24) is 4.98 Å². The van der Waals surface area contributed by atoms with E-state index in [1.165, 1.54) is 25.7 Å². The van der Waals surface area contributed by atoms with Crippen molar-refractivity contribution in [1.29, 1.82) is 0 Å². The molecule has 4 heteroatoms. The molecule has 1 aliphatic carbocycles. The number of aliphatic hydroxyl groups excluding tert-OH is 1. The molecule has 17 heavy (non-hydrogen) atoms. The summed E-state index contributed by atoms with van der Waals surface area (Å²) in [5.41, 5.74) is 0.910. The molecular weight excluding hydrogens is 280 g/mol. The fourth-order valence-electron chi connectivity index (χ4n) is 2.65. The largest absolute Gasteiger partial charge is 0.392 e. The van der Waals surface area contributed by atoms with Crippen molar-refractivity contribution in [3.8, 4) is 0 Å². The lowest BCUT2D eigenvalue weighted by Gasteiger charge is -2.30. The van der Waals surface area contributed by atoms with Crippen molar-refractivity contribution < 1.29 is 5.11 Å². The molecule has 0 aromatic carbocycles. The molecule has 0 unspecified atom stereocenters. The molecule has 1 fully saturated rings. The maximum absolute atomic E-state index is 9.44. The summed E-state index contributed by atoms with van der Waals surface area (Å²) in [4.78, 5) is 6.82. The second-order valence-corrected chi connectivity index (χ2v) is 5.43. The summed E-state index contributed by atoms with van der Waals surface area (Å²) in [6.07, 6.45) is 6.93. The molecule has 0 radical (unpaired) electrons. The van der Waals surface area contributed by atoms with Gasteiger partial charge in [0.15, 0.2) is 0 Å². The normalized spacial score (nSPS) is 16.4. The molecule has 0 bridgehead atoms. The van der Waals surface area contributed by atoms with Crippen LogP contribution in [0.4, 0.5) is 5.82 Å². The Labute approximate surface area is 111 Å². The predicted molar refractivity (Wildman–Crippen MR) is 73.1 cm³/mol. The lowest BCUT2D eigenvalue weighted by molar-refractivity contribution is 0.281. The molecule has 0 atom stereocenters. The summed E-state index contributed by atoms with van der Waals surface area (Å²) < 4.78 is 0.924. The van der Waals surface area contributed by atoms with E-state index in [1.54, 1.807) is 0 Å². The third kappa shape index (κ3) is 2.80. The molecule has 1 aromatic rings. The molecule has 1 N–H and O–H groups in total. The fraction of sp³-hybridized carbons (Fsp3) is 0.615. The van der Waals surface area contributed by atoms with Crippen LogP contribution in [0, 0.1) is 0 Å². The van der Waals surface area contributed by atoms with Crippen LogP contribution >= 0.6 is 15.9 Å². The second-order valence-electron chi connectivity index (χ2n) is 4.52. The molecule has 0 spiro atoms. The van der Waals surface area contributed by atoms with E-state index < -0.39 is 0 Å². The number of anilines is 1. The molecule has 94 valence electrons. The lowest BCUT2D eigenvalue weighted by Crippen LogP contribution is -2.34. The lowest BCUT2D eigenvalue weighted by atomic mass is 10.1. The summed E-state index contributed by atoms with van der Waals surface area (Å²) in [6.45, 7) is 3.15. The zero-order valence-electron chi connectivity index (χ0n) is 10.2. The number of aromatic nitrogens is 1. The van der Waals surface area contributed by atoms with E-state index in [2.05, 4.69) is 32.7 Å². The highest BCUT2D eigenvalue weighted by Crippen LogP contribution is 2.30. The Morgan fingerprint density at radius 1 is 1.47 bits per heavy atom. The van der Waals surface area contributed by atoms with Gasteiger partial charge in [0.1, 0.15) is 5.82 Å². The van der Waals surface area contributed by atoms with E-state index in [9.17, 15) is 5.11 Å². The molecule has 0 aliphatic heterocycles. The molecule has 3 nitrogen and oxygen atoms in total. The Kier molecular flexibility index (Phi) is 4.40. The zero-order chi connectivity index (χ0) is 12.3. The average Bonchev–Trinajstić information content (AvgIpc) is 2.85. The van der Waals surface area contributed by atoms with Crippen molar-refractivity contribution >= 4 is 21.7 Å². The minimum absolute atomic E-state index is 0.0466. The van der Waals surface area contributed by atoms with E-state index >= 15 is 0 Å². The van der Waals surface area contributed by atoms with Crippen LogP contribution in [0.25, 0.3) is 0 Å². The molecule has 2 rings (SSSR count). The summed E-state index contributed by atoms with van der Waals surface area (Å²) in [6, 6.07) is 2.55. The van der Waals surface area contributed by atoms with Crippen LogP contribution in [0.5, 0.6) is 0 Å². The molecule has 1 heterocycles. The number of hydrogen-bond donors (Lipinski definition) is 1. The van der Waals surface area contributed by atoms with Gasteiger partial charge in [0.25, 0.3) is 0 Å². The van der Waals surface area contributed by atoms with Gasteiger partial charge in [-0.25, -0.2) is 4.98 Å². The van der Waals surface area contributed by atoms with Crippen molar-refractivity contribution in [2.45, 2.75) is 45.3 Å². The van der Waals surface area contributed by atoms with Crippen molar-refractivity contribution in [3.05, 3.63) is 22.3 Å². The van der Waals surface area contributed by atoms with E-state index in [0.29, 0.717) is 6.04 Å². The first kappa shape index (κ1) is 12.8. The number of halogens is 1. The van der Waals surface area contributed by atoms with E-state index in [-0.39, 0.29) is 6.61 Å². The average molecular weight is 299 g/mol. The highest BCUT2D eigenvalue weighted by atomic mass is 79.9. The van der Waals surface area contributed by atoms with Crippen LogP contribution in [-0.2, 0) is 6.61 Å². The Morgan fingerprint density at radius 2 is 2.18 bits per heavy atom. The van der Waals surface area contributed by atoms with Crippen LogP contribution in [-0.4, -0.2) is 22.7 Å². The van der Waals surface area contributed by atoms with Crippen LogP contribution in [0.3, 0.4) is 0 Å². The minimum atomic E-state index is 0.0466. The molecule has 0 saturated heterocycles. The number of hydrogen-bond acceptors (Lipinski definition) is 3. The number of pyridine rings is 1. The molecular formula is C13H19BrN2O. The smallest absolute Gasteiger partial charge is 0.134 e. The van der Waals surface area contributed by atoms with Crippen LogP contribution in [0.15, 0.2) is 16.7 Å². The van der Waals surface area contributed by atoms with Gasteiger partial charge in [0.05, 0.1) is 6.61 Å². The van der Waals surface area contributed by atoms with E-state index in [0.717, 1.165) is 22.4 Å². The highest BCUT2D eigenvalue weighted by Gasteiger charge is 2.24. The minimum Gasteiger partial charge on any atom is -0.392 e. The summed E-state index contributed by atoms with van der Waals surface area (Å²) >= 11 is 3.40. The number of nitrogens with zero attached hydrogens (tertiary/aromatic N) is 2. The quantitative estimate of drug-likeness (QED) is 0.928. The van der Waals surface area contributed by atoms with Crippen molar-refractivity contribution in [2.75, 3.05) is 11.4 Å². The van der Waals surface area contributed by atoms with Gasteiger partial charge in [-0.05, 0) is 41.8 Å². The van der Waals surface area contributed by atoms with Crippen LogP contribution in [0.2, 0.25) is 0 Å². The highest BCUT2D eigenvalue weighted by molar-refractivity contribution is 9.10. The van der Waals surface area contributed by atoms with Gasteiger partial charge in [-0.3, -0.25) is 0 Å². The topological polar surface area (TPSA) is 36.4 Å². The molecule has 1 saturated carbocycles. The predicted octanol–water partition coefficient (Wildman–Crippen LogP) is 3.11. The van der Waals surface area contributed by atoms with E-state index in [1.807, 2.05) is 12.3 Å². The number of aliphatic hydroxyl groups is 1. The Morgan fingerprint density at radius 3 is 2.76 bits per heavy atom. The second kappa shape index (κ2) is 5.83. The van der Waals surface area contributed by atoms with Crippen LogP contribution in [0.1, 0.15) is 38.2 Å². The Bertz CT molecular complexity index is 378. The van der Waals surface area contributed by atoms with Gasteiger partial charge >= 0.3 is 0 Å². The fourth-order valence-corrected chi connectivity index (χ4v) is 3.02. The van der Waals surface area contributed by atoms with E-state index in [4.69, 9.17) is 0 Å². The molecule has 0 amide bonds. The first-order valence-electron chi connectivity index (χ1n) is 6.28. The maximum atomic E-state index is 9.44. The summed E-state index contributed by atoms with van der Waals surface area (Å²) in [5, 5.41) is 9.44. The maximum Gasteiger partial charge on any atom is 0.134 e. The summed E-state index contributed by atoms with van der Waals surface area (Å²) in [7, 11) is 0. The van der Waals surface area contributed by atoms with Gasteiger partial charge in [0.2, 0.25) is 0 Å². The third-order valence-corrected chi connectivity index (χ3v) is 3.89. The zero-order valence-corrected chi connectivity index (χ0v) is 11.8. The van der Waals surface area contributed by atoms with Gasteiger partial charge in [0, 0.05) is 28.8 Å². The number of rotatable bonds is 4.